The summed E-state index contributed by atoms with van der Waals surface area (Å²) in [6.45, 7) is 5.28. The van der Waals surface area contributed by atoms with E-state index in [1.165, 1.54) is 24.1 Å². The molecule has 0 spiro atoms. The van der Waals surface area contributed by atoms with Crippen LogP contribution in [0.1, 0.15) is 46.2 Å². The fourth-order valence-corrected chi connectivity index (χ4v) is 2.97. The zero-order chi connectivity index (χ0) is 14.8. The molecule has 21 heavy (non-hydrogen) atoms. The SMILES string of the molecule is Cc1cc(C(=O)CNCc2ccccc2)c(C)n1C1CC1. The van der Waals surface area contributed by atoms with Crippen LogP contribution in [0.4, 0.5) is 0 Å². The van der Waals surface area contributed by atoms with Gasteiger partial charge in [0.1, 0.15) is 0 Å². The van der Waals surface area contributed by atoms with Crippen LogP contribution in [-0.2, 0) is 6.54 Å². The molecule has 0 atom stereocenters. The van der Waals surface area contributed by atoms with E-state index < -0.39 is 0 Å². The number of hydrogen-bond acceptors (Lipinski definition) is 2. The van der Waals surface area contributed by atoms with Crippen LogP contribution in [0.15, 0.2) is 36.4 Å². The Morgan fingerprint density at radius 2 is 1.95 bits per heavy atom. The lowest BCUT2D eigenvalue weighted by atomic mass is 10.1. The highest BCUT2D eigenvalue weighted by Crippen LogP contribution is 2.38. The Kier molecular flexibility index (Phi) is 3.93. The number of carbonyl (C=O) groups excluding carboxylic acids is 1. The number of benzene rings is 1. The van der Waals surface area contributed by atoms with E-state index in [4.69, 9.17) is 0 Å². The molecule has 0 radical (unpaired) electrons. The molecule has 110 valence electrons. The Morgan fingerprint density at radius 1 is 1.24 bits per heavy atom. The molecule has 1 aliphatic carbocycles. The molecule has 0 aliphatic heterocycles. The van der Waals surface area contributed by atoms with Crippen molar-refractivity contribution in [1.29, 1.82) is 0 Å². The maximum Gasteiger partial charge on any atom is 0.178 e. The van der Waals surface area contributed by atoms with Crippen molar-refractivity contribution in [2.24, 2.45) is 0 Å². The fraction of sp³-hybridized carbons (Fsp3) is 0.389. The van der Waals surface area contributed by atoms with Gasteiger partial charge in [0.2, 0.25) is 0 Å². The van der Waals surface area contributed by atoms with Gasteiger partial charge in [-0.1, -0.05) is 30.3 Å². The van der Waals surface area contributed by atoms with Crippen molar-refractivity contribution in [3.8, 4) is 0 Å². The molecule has 0 bridgehead atoms. The van der Waals surface area contributed by atoms with Gasteiger partial charge in [0.15, 0.2) is 5.78 Å². The summed E-state index contributed by atoms with van der Waals surface area (Å²) in [5, 5.41) is 3.24. The summed E-state index contributed by atoms with van der Waals surface area (Å²) in [4.78, 5) is 12.4. The van der Waals surface area contributed by atoms with Crippen LogP contribution in [0.3, 0.4) is 0 Å². The van der Waals surface area contributed by atoms with Crippen LogP contribution in [0.2, 0.25) is 0 Å². The lowest BCUT2D eigenvalue weighted by Crippen LogP contribution is -2.23. The first-order chi connectivity index (χ1) is 10.2. The molecule has 1 N–H and O–H groups in total. The molecule has 1 saturated carbocycles. The molecule has 2 aromatic rings. The maximum atomic E-state index is 12.4. The molecule has 1 aromatic carbocycles. The molecular formula is C18H22N2O. The second kappa shape index (κ2) is 5.86. The Hall–Kier alpha value is -1.87. The summed E-state index contributed by atoms with van der Waals surface area (Å²) in [6, 6.07) is 12.8. The summed E-state index contributed by atoms with van der Waals surface area (Å²) < 4.78 is 2.32. The van der Waals surface area contributed by atoms with Gasteiger partial charge < -0.3 is 9.88 Å². The standard InChI is InChI=1S/C18H22N2O/c1-13-10-17(14(2)20(13)16-8-9-16)18(21)12-19-11-15-6-4-3-5-7-15/h3-7,10,16,19H,8-9,11-12H2,1-2H3. The first-order valence-electron chi connectivity index (χ1n) is 7.63. The summed E-state index contributed by atoms with van der Waals surface area (Å²) in [6.07, 6.45) is 2.49. The van der Waals surface area contributed by atoms with Gasteiger partial charge >= 0.3 is 0 Å². The molecule has 1 aromatic heterocycles. The zero-order valence-electron chi connectivity index (χ0n) is 12.7. The fourth-order valence-electron chi connectivity index (χ4n) is 2.97. The number of aryl methyl sites for hydroxylation is 1. The normalized spacial score (nSPS) is 14.4. The summed E-state index contributed by atoms with van der Waals surface area (Å²) in [7, 11) is 0. The number of ketones is 1. The van der Waals surface area contributed by atoms with Crippen molar-refractivity contribution in [3.05, 3.63) is 58.9 Å². The molecule has 1 heterocycles. The highest BCUT2D eigenvalue weighted by molar-refractivity contribution is 5.99. The Morgan fingerprint density at radius 3 is 2.62 bits per heavy atom. The molecule has 3 heteroatoms. The molecule has 0 saturated heterocycles. The predicted octanol–water partition coefficient (Wildman–Crippen LogP) is 3.41. The van der Waals surface area contributed by atoms with Gasteiger partial charge in [0.05, 0.1) is 6.54 Å². The minimum absolute atomic E-state index is 0.186. The Labute approximate surface area is 126 Å². The third kappa shape index (κ3) is 3.08. The van der Waals surface area contributed by atoms with E-state index in [1.807, 2.05) is 24.3 Å². The minimum atomic E-state index is 0.186. The van der Waals surface area contributed by atoms with Crippen LogP contribution in [0, 0.1) is 13.8 Å². The van der Waals surface area contributed by atoms with Crippen LogP contribution >= 0.6 is 0 Å². The summed E-state index contributed by atoms with van der Waals surface area (Å²) in [5.74, 6) is 0.186. The topological polar surface area (TPSA) is 34.0 Å². The van der Waals surface area contributed by atoms with E-state index in [1.54, 1.807) is 0 Å². The lowest BCUT2D eigenvalue weighted by Gasteiger charge is -2.08. The number of nitrogens with one attached hydrogen (secondary N) is 1. The first-order valence-corrected chi connectivity index (χ1v) is 7.63. The Balaban J connectivity index is 1.62. The number of Topliss-reactive ketones (excluding diaryl/α,β-unsaturated/α-hetero) is 1. The number of carbonyl (C=O) groups is 1. The number of hydrogen-bond donors (Lipinski definition) is 1. The van der Waals surface area contributed by atoms with Crippen molar-refractivity contribution in [2.75, 3.05) is 6.54 Å². The van der Waals surface area contributed by atoms with E-state index in [9.17, 15) is 4.79 Å². The van der Waals surface area contributed by atoms with Crippen LogP contribution in [-0.4, -0.2) is 16.9 Å². The van der Waals surface area contributed by atoms with Crippen molar-refractivity contribution in [3.63, 3.8) is 0 Å². The van der Waals surface area contributed by atoms with E-state index in [0.29, 0.717) is 12.6 Å². The monoisotopic (exact) mass is 282 g/mol. The van der Waals surface area contributed by atoms with Crippen molar-refractivity contribution in [1.82, 2.24) is 9.88 Å². The third-order valence-corrected chi connectivity index (χ3v) is 4.15. The maximum absolute atomic E-state index is 12.4. The summed E-state index contributed by atoms with van der Waals surface area (Å²) in [5.41, 5.74) is 4.41. The van der Waals surface area contributed by atoms with Crippen molar-refractivity contribution >= 4 is 5.78 Å². The van der Waals surface area contributed by atoms with Gasteiger partial charge in [-0.2, -0.15) is 0 Å². The van der Waals surface area contributed by atoms with Gasteiger partial charge in [0, 0.05) is 29.5 Å². The highest BCUT2D eigenvalue weighted by Gasteiger charge is 2.28. The third-order valence-electron chi connectivity index (χ3n) is 4.15. The van der Waals surface area contributed by atoms with Gasteiger partial charge in [-0.3, -0.25) is 4.79 Å². The van der Waals surface area contributed by atoms with Crippen LogP contribution in [0.25, 0.3) is 0 Å². The summed E-state index contributed by atoms with van der Waals surface area (Å²) >= 11 is 0. The molecule has 1 fully saturated rings. The quantitative estimate of drug-likeness (QED) is 0.824. The zero-order valence-corrected chi connectivity index (χ0v) is 12.7. The number of aromatic nitrogens is 1. The van der Waals surface area contributed by atoms with Crippen molar-refractivity contribution < 1.29 is 4.79 Å². The first kappa shape index (κ1) is 14.1. The average Bonchev–Trinajstić information content (AvgIpc) is 3.26. The van der Waals surface area contributed by atoms with Crippen LogP contribution < -0.4 is 5.32 Å². The average molecular weight is 282 g/mol. The van der Waals surface area contributed by atoms with Gasteiger partial charge in [-0.05, 0) is 38.3 Å². The lowest BCUT2D eigenvalue weighted by molar-refractivity contribution is 0.0990. The van der Waals surface area contributed by atoms with E-state index in [2.05, 4.69) is 35.9 Å². The smallest absolute Gasteiger partial charge is 0.178 e. The molecule has 1 aliphatic rings. The number of nitrogens with zero attached hydrogens (tertiary/aromatic N) is 1. The van der Waals surface area contributed by atoms with E-state index in [-0.39, 0.29) is 5.78 Å². The predicted molar refractivity (Wildman–Crippen MR) is 84.7 cm³/mol. The molecule has 0 unspecified atom stereocenters. The molecule has 0 amide bonds. The molecule has 3 rings (SSSR count). The minimum Gasteiger partial charge on any atom is -0.345 e. The van der Waals surface area contributed by atoms with Gasteiger partial charge in [-0.25, -0.2) is 0 Å². The largest absolute Gasteiger partial charge is 0.345 e. The molecule has 3 nitrogen and oxygen atoms in total. The van der Waals surface area contributed by atoms with E-state index >= 15 is 0 Å². The second-order valence-corrected chi connectivity index (χ2v) is 5.90. The second-order valence-electron chi connectivity index (χ2n) is 5.90. The van der Waals surface area contributed by atoms with Gasteiger partial charge in [-0.15, -0.1) is 0 Å². The Bertz CT molecular complexity index is 639. The molecular weight excluding hydrogens is 260 g/mol. The number of rotatable bonds is 6. The van der Waals surface area contributed by atoms with E-state index in [0.717, 1.165) is 17.8 Å². The van der Waals surface area contributed by atoms with Crippen LogP contribution in [0.5, 0.6) is 0 Å². The highest BCUT2D eigenvalue weighted by atomic mass is 16.1. The van der Waals surface area contributed by atoms with Crippen molar-refractivity contribution in [2.45, 2.75) is 39.3 Å². The van der Waals surface area contributed by atoms with Gasteiger partial charge in [0.25, 0.3) is 0 Å².